The fraction of sp³-hybridized carbons (Fsp3) is 0.368. The molecule has 0 radical (unpaired) electrons. The molecule has 2 heteroatoms. The van der Waals surface area contributed by atoms with Gasteiger partial charge in [0.05, 0.1) is 0 Å². The second-order valence-corrected chi connectivity index (χ2v) is 5.45. The Morgan fingerprint density at radius 1 is 0.952 bits per heavy atom. The Morgan fingerprint density at radius 3 is 2.43 bits per heavy atom. The number of rotatable bonds is 7. The van der Waals surface area contributed by atoms with Crippen molar-refractivity contribution in [3.05, 3.63) is 65.5 Å². The normalized spacial score (nSPS) is 10.3. The van der Waals surface area contributed by atoms with E-state index in [1.165, 1.54) is 43.2 Å². The predicted molar refractivity (Wildman–Crippen MR) is 84.7 cm³/mol. The summed E-state index contributed by atoms with van der Waals surface area (Å²) in [5, 5.41) is 9.11. The average Bonchev–Trinajstić information content (AvgIpc) is 2.54. The van der Waals surface area contributed by atoms with Crippen molar-refractivity contribution in [2.75, 3.05) is 0 Å². The van der Waals surface area contributed by atoms with Gasteiger partial charge in [-0.05, 0) is 24.5 Å². The molecule has 0 fully saturated rings. The maximum absolute atomic E-state index is 9.11. The van der Waals surface area contributed by atoms with Crippen LogP contribution in [0.15, 0.2) is 48.7 Å². The van der Waals surface area contributed by atoms with Crippen LogP contribution in [0.25, 0.3) is 0 Å². The van der Waals surface area contributed by atoms with Crippen LogP contribution in [0.1, 0.15) is 49.4 Å². The minimum Gasteiger partial charge on any atom is -0.186 e. The van der Waals surface area contributed by atoms with Gasteiger partial charge in [-0.3, -0.25) is 0 Å². The lowest BCUT2D eigenvalue weighted by Crippen LogP contribution is -2.37. The Labute approximate surface area is 127 Å². The van der Waals surface area contributed by atoms with Crippen LogP contribution < -0.4 is 4.57 Å². The summed E-state index contributed by atoms with van der Waals surface area (Å²) in [5.74, 6) is 0. The minimum absolute atomic E-state index is 0.696. The van der Waals surface area contributed by atoms with Crippen LogP contribution in [0.3, 0.4) is 0 Å². The summed E-state index contributed by atoms with van der Waals surface area (Å²) < 4.78 is 1.98. The molecule has 1 aromatic heterocycles. The van der Waals surface area contributed by atoms with Crippen molar-refractivity contribution in [3.8, 4) is 6.07 Å². The largest absolute Gasteiger partial charge is 0.283 e. The Kier molecular flexibility index (Phi) is 5.97. The van der Waals surface area contributed by atoms with E-state index in [-0.39, 0.29) is 0 Å². The van der Waals surface area contributed by atoms with Gasteiger partial charge in [0.15, 0.2) is 18.8 Å². The molecule has 0 aliphatic carbocycles. The summed E-state index contributed by atoms with van der Waals surface area (Å²) in [4.78, 5) is 0. The highest BCUT2D eigenvalue weighted by atomic mass is 14.9. The molecule has 21 heavy (non-hydrogen) atoms. The molecular formula is C19H23N2+. The van der Waals surface area contributed by atoms with Gasteiger partial charge in [0, 0.05) is 17.7 Å². The van der Waals surface area contributed by atoms with Crippen molar-refractivity contribution >= 4 is 0 Å². The summed E-state index contributed by atoms with van der Waals surface area (Å²) in [6.07, 6.45) is 8.34. The highest BCUT2D eigenvalue weighted by Crippen LogP contribution is 2.10. The van der Waals surface area contributed by atoms with Gasteiger partial charge in [-0.1, -0.05) is 50.5 Å². The van der Waals surface area contributed by atoms with Gasteiger partial charge in [-0.25, -0.2) is 0 Å². The van der Waals surface area contributed by atoms with Gasteiger partial charge in [-0.2, -0.15) is 9.83 Å². The third-order valence-corrected chi connectivity index (χ3v) is 3.75. The van der Waals surface area contributed by atoms with E-state index in [0.717, 1.165) is 6.54 Å². The molecule has 0 unspecified atom stereocenters. The van der Waals surface area contributed by atoms with E-state index in [1.807, 2.05) is 29.0 Å². The third-order valence-electron chi connectivity index (χ3n) is 3.75. The first kappa shape index (κ1) is 15.3. The Hall–Kier alpha value is -2.14. The lowest BCUT2D eigenvalue weighted by atomic mass is 10.0. The Balaban J connectivity index is 1.95. The van der Waals surface area contributed by atoms with E-state index in [4.69, 9.17) is 5.26 Å². The number of aromatic nitrogens is 1. The van der Waals surface area contributed by atoms with E-state index >= 15 is 0 Å². The topological polar surface area (TPSA) is 27.7 Å². The van der Waals surface area contributed by atoms with Crippen molar-refractivity contribution in [2.24, 2.45) is 0 Å². The lowest BCUT2D eigenvalue weighted by molar-refractivity contribution is -0.690. The average molecular weight is 279 g/mol. The SMILES string of the molecule is CCCCCCc1ccc(C[n+]2ccccc2C#N)cc1. The molecule has 1 aromatic carbocycles. The molecule has 108 valence electrons. The molecule has 0 saturated heterocycles. The summed E-state index contributed by atoms with van der Waals surface area (Å²) in [7, 11) is 0. The molecule has 1 heterocycles. The van der Waals surface area contributed by atoms with E-state index in [9.17, 15) is 0 Å². The molecule has 0 amide bonds. The zero-order chi connectivity index (χ0) is 14.9. The van der Waals surface area contributed by atoms with Crippen LogP contribution in [0.2, 0.25) is 0 Å². The van der Waals surface area contributed by atoms with E-state index in [1.54, 1.807) is 0 Å². The van der Waals surface area contributed by atoms with Crippen LogP contribution >= 0.6 is 0 Å². The van der Waals surface area contributed by atoms with Gasteiger partial charge in [0.25, 0.3) is 5.69 Å². The standard InChI is InChI=1S/C19H23N2/c1-2-3-4-5-8-17-10-12-18(13-11-17)16-21-14-7-6-9-19(21)15-20/h6-7,9-14H,2-5,8,16H2,1H3/q+1. The first-order valence-electron chi connectivity index (χ1n) is 7.80. The molecule has 0 aliphatic rings. The highest BCUT2D eigenvalue weighted by molar-refractivity contribution is 5.22. The number of unbranched alkanes of at least 4 members (excludes halogenated alkanes) is 3. The molecular weight excluding hydrogens is 256 g/mol. The van der Waals surface area contributed by atoms with E-state index < -0.39 is 0 Å². The van der Waals surface area contributed by atoms with Gasteiger partial charge in [-0.15, -0.1) is 0 Å². The summed E-state index contributed by atoms with van der Waals surface area (Å²) in [6.45, 7) is 2.99. The monoisotopic (exact) mass is 279 g/mol. The molecule has 0 N–H and O–H groups in total. The first-order chi connectivity index (χ1) is 10.3. The van der Waals surface area contributed by atoms with Crippen molar-refractivity contribution < 1.29 is 4.57 Å². The van der Waals surface area contributed by atoms with Crippen molar-refractivity contribution in [2.45, 2.75) is 45.6 Å². The highest BCUT2D eigenvalue weighted by Gasteiger charge is 2.09. The predicted octanol–water partition coefficient (Wildman–Crippen LogP) is 4.02. The van der Waals surface area contributed by atoms with E-state index in [0.29, 0.717) is 5.69 Å². The van der Waals surface area contributed by atoms with Crippen molar-refractivity contribution in [1.82, 2.24) is 0 Å². The molecule has 2 aromatic rings. The van der Waals surface area contributed by atoms with Crippen molar-refractivity contribution in [3.63, 3.8) is 0 Å². The number of benzene rings is 1. The van der Waals surface area contributed by atoms with Crippen LogP contribution in [-0.2, 0) is 13.0 Å². The summed E-state index contributed by atoms with van der Waals surface area (Å²) in [5.41, 5.74) is 3.34. The lowest BCUT2D eigenvalue weighted by Gasteiger charge is -2.03. The molecule has 0 saturated carbocycles. The minimum atomic E-state index is 0.696. The van der Waals surface area contributed by atoms with Gasteiger partial charge < -0.3 is 0 Å². The molecule has 0 spiro atoms. The third kappa shape index (κ3) is 4.72. The second-order valence-electron chi connectivity index (χ2n) is 5.45. The maximum Gasteiger partial charge on any atom is 0.283 e. The van der Waals surface area contributed by atoms with E-state index in [2.05, 4.69) is 37.3 Å². The number of hydrogen-bond acceptors (Lipinski definition) is 1. The Bertz CT molecular complexity index is 594. The first-order valence-corrected chi connectivity index (χ1v) is 7.80. The van der Waals surface area contributed by atoms with Crippen LogP contribution in [0, 0.1) is 11.3 Å². The zero-order valence-corrected chi connectivity index (χ0v) is 12.8. The van der Waals surface area contributed by atoms with Crippen LogP contribution in [0.5, 0.6) is 0 Å². The summed E-state index contributed by atoms with van der Waals surface area (Å²) in [6, 6.07) is 16.7. The quantitative estimate of drug-likeness (QED) is 0.555. The molecule has 0 aliphatic heterocycles. The number of aryl methyl sites for hydroxylation is 1. The van der Waals surface area contributed by atoms with Gasteiger partial charge >= 0.3 is 0 Å². The number of nitrogens with zero attached hydrogens (tertiary/aromatic N) is 2. The van der Waals surface area contributed by atoms with Crippen LogP contribution in [-0.4, -0.2) is 0 Å². The number of hydrogen-bond donors (Lipinski definition) is 0. The fourth-order valence-corrected chi connectivity index (χ4v) is 2.48. The molecule has 2 nitrogen and oxygen atoms in total. The number of nitriles is 1. The number of pyridine rings is 1. The fourth-order valence-electron chi connectivity index (χ4n) is 2.48. The molecule has 0 atom stereocenters. The van der Waals surface area contributed by atoms with Gasteiger partial charge in [0.2, 0.25) is 0 Å². The second kappa shape index (κ2) is 8.21. The molecule has 0 bridgehead atoms. The smallest absolute Gasteiger partial charge is 0.186 e. The zero-order valence-electron chi connectivity index (χ0n) is 12.8. The van der Waals surface area contributed by atoms with Crippen molar-refractivity contribution in [1.29, 1.82) is 5.26 Å². The summed E-state index contributed by atoms with van der Waals surface area (Å²) >= 11 is 0. The Morgan fingerprint density at radius 2 is 1.71 bits per heavy atom. The van der Waals surface area contributed by atoms with Gasteiger partial charge in [0.1, 0.15) is 0 Å². The maximum atomic E-state index is 9.11. The molecule has 2 rings (SSSR count). The van der Waals surface area contributed by atoms with Crippen LogP contribution in [0.4, 0.5) is 0 Å².